The van der Waals surface area contributed by atoms with Crippen LogP contribution in [-0.4, -0.2) is 28.0 Å². The van der Waals surface area contributed by atoms with Crippen LogP contribution in [0.5, 0.6) is 17.2 Å². The van der Waals surface area contributed by atoms with Crippen LogP contribution in [0.1, 0.15) is 10.4 Å². The molecule has 3 aromatic carbocycles. The van der Waals surface area contributed by atoms with E-state index in [1.54, 1.807) is 53.2 Å². The Bertz CT molecular complexity index is 1180. The highest BCUT2D eigenvalue weighted by atomic mass is 16.5. The fourth-order valence-corrected chi connectivity index (χ4v) is 3.10. The molecule has 0 saturated heterocycles. The van der Waals surface area contributed by atoms with Crippen molar-refractivity contribution in [2.24, 2.45) is 0 Å². The molecule has 0 aliphatic rings. The minimum absolute atomic E-state index is 0.0637. The van der Waals surface area contributed by atoms with Crippen molar-refractivity contribution >= 4 is 22.7 Å². The fraction of sp³-hybridized carbons (Fsp3) is 0.0833. The first-order valence-electron chi connectivity index (χ1n) is 9.38. The smallest absolute Gasteiger partial charge is 0.335 e. The van der Waals surface area contributed by atoms with Crippen molar-refractivity contribution < 1.29 is 24.2 Å². The Labute approximate surface area is 172 Å². The van der Waals surface area contributed by atoms with Crippen molar-refractivity contribution in [3.05, 3.63) is 90.6 Å². The first-order valence-corrected chi connectivity index (χ1v) is 9.38. The lowest BCUT2D eigenvalue weighted by Crippen LogP contribution is -2.17. The molecule has 0 radical (unpaired) electrons. The molecule has 150 valence electrons. The van der Waals surface area contributed by atoms with Crippen LogP contribution >= 0.6 is 0 Å². The van der Waals surface area contributed by atoms with Crippen molar-refractivity contribution in [3.8, 4) is 17.2 Å². The Kier molecular flexibility index (Phi) is 5.48. The van der Waals surface area contributed by atoms with E-state index in [1.165, 1.54) is 6.07 Å². The summed E-state index contributed by atoms with van der Waals surface area (Å²) >= 11 is 0. The molecule has 0 saturated carbocycles. The summed E-state index contributed by atoms with van der Waals surface area (Å²) in [5.41, 5.74) is 1.02. The predicted octanol–water partition coefficient (Wildman–Crippen LogP) is 4.78. The number of rotatable bonds is 8. The zero-order valence-corrected chi connectivity index (χ0v) is 16.0. The van der Waals surface area contributed by atoms with E-state index >= 15 is 0 Å². The second-order valence-electron chi connectivity index (χ2n) is 6.74. The first kappa shape index (κ1) is 19.3. The summed E-state index contributed by atoms with van der Waals surface area (Å²) < 4.78 is 13.1. The van der Waals surface area contributed by atoms with E-state index in [2.05, 4.69) is 0 Å². The lowest BCUT2D eigenvalue weighted by Gasteiger charge is -2.09. The van der Waals surface area contributed by atoms with Crippen LogP contribution in [0.3, 0.4) is 0 Å². The van der Waals surface area contributed by atoms with Gasteiger partial charge in [-0.25, -0.2) is 4.79 Å². The molecule has 6 heteroatoms. The number of ether oxygens (including phenoxy) is 2. The second-order valence-corrected chi connectivity index (χ2v) is 6.74. The van der Waals surface area contributed by atoms with Gasteiger partial charge in [-0.3, -0.25) is 4.79 Å². The van der Waals surface area contributed by atoms with Gasteiger partial charge in [-0.05, 0) is 60.7 Å². The molecule has 0 aliphatic carbocycles. The molecule has 30 heavy (non-hydrogen) atoms. The van der Waals surface area contributed by atoms with Crippen molar-refractivity contribution in [2.75, 3.05) is 6.61 Å². The molecular formula is C24H19NO5. The van der Waals surface area contributed by atoms with Gasteiger partial charge in [0.05, 0.1) is 12.1 Å². The predicted molar refractivity (Wildman–Crippen MR) is 112 cm³/mol. The Morgan fingerprint density at radius 2 is 1.53 bits per heavy atom. The molecule has 1 N–H and O–H groups in total. The number of aromatic nitrogens is 1. The van der Waals surface area contributed by atoms with Gasteiger partial charge in [0.1, 0.15) is 23.9 Å². The topological polar surface area (TPSA) is 77.8 Å². The quantitative estimate of drug-likeness (QED) is 0.460. The van der Waals surface area contributed by atoms with E-state index in [0.717, 1.165) is 16.7 Å². The number of nitrogens with zero attached hydrogens (tertiary/aromatic N) is 1. The van der Waals surface area contributed by atoms with E-state index in [4.69, 9.17) is 14.6 Å². The number of Topliss-reactive ketones (excluding diaryl/α,β-unsaturated/α-hetero) is 1. The van der Waals surface area contributed by atoms with Gasteiger partial charge in [-0.1, -0.05) is 18.2 Å². The zero-order chi connectivity index (χ0) is 20.9. The van der Waals surface area contributed by atoms with Crippen LogP contribution in [-0.2, 0) is 11.3 Å². The highest BCUT2D eigenvalue weighted by Gasteiger charge is 2.10. The van der Waals surface area contributed by atoms with Crippen LogP contribution < -0.4 is 9.47 Å². The van der Waals surface area contributed by atoms with Crippen molar-refractivity contribution in [1.29, 1.82) is 0 Å². The van der Waals surface area contributed by atoms with Crippen molar-refractivity contribution in [3.63, 3.8) is 0 Å². The molecule has 0 fully saturated rings. The molecule has 1 heterocycles. The van der Waals surface area contributed by atoms with Gasteiger partial charge >= 0.3 is 5.97 Å². The number of carbonyl (C=O) groups excluding carboxylic acids is 1. The second kappa shape index (κ2) is 8.53. The molecule has 0 amide bonds. The maximum absolute atomic E-state index is 12.3. The molecule has 4 aromatic rings. The summed E-state index contributed by atoms with van der Waals surface area (Å²) in [7, 11) is 0. The van der Waals surface area contributed by atoms with Gasteiger partial charge in [0.2, 0.25) is 0 Å². The summed E-state index contributed by atoms with van der Waals surface area (Å²) in [6, 6.07) is 23.2. The number of carbonyl (C=O) groups is 2. The lowest BCUT2D eigenvalue weighted by atomic mass is 10.1. The molecule has 0 spiro atoms. The lowest BCUT2D eigenvalue weighted by molar-refractivity contribution is -0.121. The molecule has 1 aromatic heterocycles. The number of benzene rings is 3. The normalized spacial score (nSPS) is 10.7. The Morgan fingerprint density at radius 3 is 2.27 bits per heavy atom. The van der Waals surface area contributed by atoms with Crippen LogP contribution in [0, 0.1) is 0 Å². The number of fused-ring (bicyclic) bond motifs is 1. The highest BCUT2D eigenvalue weighted by molar-refractivity contribution is 5.94. The molecular weight excluding hydrogens is 382 g/mol. The Hall–Kier alpha value is -4.06. The number of aromatic carboxylic acids is 1. The molecule has 0 bridgehead atoms. The Balaban J connectivity index is 1.33. The number of carboxylic acids is 1. The van der Waals surface area contributed by atoms with E-state index in [-0.39, 0.29) is 24.5 Å². The van der Waals surface area contributed by atoms with E-state index in [9.17, 15) is 9.59 Å². The van der Waals surface area contributed by atoms with Crippen LogP contribution in [0.4, 0.5) is 0 Å². The summed E-state index contributed by atoms with van der Waals surface area (Å²) in [5.74, 6) is 0.927. The van der Waals surface area contributed by atoms with Gasteiger partial charge in [0.15, 0.2) is 5.78 Å². The maximum Gasteiger partial charge on any atom is 0.335 e. The summed E-state index contributed by atoms with van der Waals surface area (Å²) in [6.07, 6.45) is 1.77. The van der Waals surface area contributed by atoms with Gasteiger partial charge in [0, 0.05) is 17.1 Å². The van der Waals surface area contributed by atoms with Gasteiger partial charge in [-0.15, -0.1) is 0 Å². The summed E-state index contributed by atoms with van der Waals surface area (Å²) in [5, 5.41) is 9.86. The standard InChI is InChI=1S/C24H19NO5/c26-19(15-25-13-12-17-14-18(24(27)28)6-11-23(17)25)16-29-20-7-9-22(10-8-20)30-21-4-2-1-3-5-21/h1-14H,15-16H2,(H,27,28). The van der Waals surface area contributed by atoms with Gasteiger partial charge in [0.25, 0.3) is 0 Å². The molecule has 0 atom stereocenters. The summed E-state index contributed by atoms with van der Waals surface area (Å²) in [4.78, 5) is 23.4. The van der Waals surface area contributed by atoms with E-state index in [0.29, 0.717) is 11.5 Å². The molecule has 4 rings (SSSR count). The molecule has 6 nitrogen and oxygen atoms in total. The molecule has 0 unspecified atom stereocenters. The van der Waals surface area contributed by atoms with Gasteiger partial charge < -0.3 is 19.1 Å². The maximum atomic E-state index is 12.3. The van der Waals surface area contributed by atoms with E-state index in [1.807, 2.05) is 30.3 Å². The summed E-state index contributed by atoms with van der Waals surface area (Å²) in [6.45, 7) is 0.0802. The van der Waals surface area contributed by atoms with Gasteiger partial charge in [-0.2, -0.15) is 0 Å². The number of hydrogen-bond donors (Lipinski definition) is 1. The largest absolute Gasteiger partial charge is 0.486 e. The average Bonchev–Trinajstić information content (AvgIpc) is 3.16. The number of carboxylic acid groups (broad SMARTS) is 1. The monoisotopic (exact) mass is 401 g/mol. The van der Waals surface area contributed by atoms with Crippen LogP contribution in [0.15, 0.2) is 85.1 Å². The van der Waals surface area contributed by atoms with E-state index < -0.39 is 5.97 Å². The zero-order valence-electron chi connectivity index (χ0n) is 16.0. The number of para-hydroxylation sites is 1. The SMILES string of the molecule is O=C(COc1ccc(Oc2ccccc2)cc1)Cn1ccc2cc(C(=O)O)ccc21. The number of ketones is 1. The third-order valence-corrected chi connectivity index (χ3v) is 4.57. The first-order chi connectivity index (χ1) is 14.6. The van der Waals surface area contributed by atoms with Crippen LogP contribution in [0.2, 0.25) is 0 Å². The Morgan fingerprint density at radius 1 is 0.833 bits per heavy atom. The minimum Gasteiger partial charge on any atom is -0.486 e. The third-order valence-electron chi connectivity index (χ3n) is 4.57. The fourth-order valence-electron chi connectivity index (χ4n) is 3.10. The van der Waals surface area contributed by atoms with Crippen LogP contribution in [0.25, 0.3) is 10.9 Å². The molecule has 0 aliphatic heterocycles. The highest BCUT2D eigenvalue weighted by Crippen LogP contribution is 2.23. The third kappa shape index (κ3) is 4.50. The number of hydrogen-bond acceptors (Lipinski definition) is 4. The van der Waals surface area contributed by atoms with Crippen molar-refractivity contribution in [1.82, 2.24) is 4.57 Å². The van der Waals surface area contributed by atoms with Crippen molar-refractivity contribution in [2.45, 2.75) is 6.54 Å². The average molecular weight is 401 g/mol. The minimum atomic E-state index is -0.977.